The molecule has 1 atom stereocenters. The Bertz CT molecular complexity index is 520. The highest BCUT2D eigenvalue weighted by Gasteiger charge is 2.10. The summed E-state index contributed by atoms with van der Waals surface area (Å²) in [6, 6.07) is 8.34. The first-order chi connectivity index (χ1) is 8.09. The third-order valence-corrected chi connectivity index (χ3v) is 3.18. The number of nitrogens with one attached hydrogen (secondary N) is 1. The van der Waals surface area contributed by atoms with Crippen LogP contribution in [0, 0.1) is 5.92 Å². The average Bonchev–Trinajstić information content (AvgIpc) is 2.33. The zero-order valence-corrected chi connectivity index (χ0v) is 10.6. The molecule has 0 saturated heterocycles. The van der Waals surface area contributed by atoms with Crippen LogP contribution in [-0.4, -0.2) is 11.0 Å². The molecule has 1 aromatic heterocycles. The molecule has 3 heteroatoms. The van der Waals surface area contributed by atoms with Gasteiger partial charge in [-0.3, -0.25) is 4.98 Å². The van der Waals surface area contributed by atoms with Gasteiger partial charge in [-0.25, -0.2) is 0 Å². The van der Waals surface area contributed by atoms with Gasteiger partial charge in [-0.05, 0) is 37.1 Å². The van der Waals surface area contributed by atoms with Crippen LogP contribution in [0.1, 0.15) is 20.8 Å². The minimum Gasteiger partial charge on any atom is -0.397 e. The second-order valence-corrected chi connectivity index (χ2v) is 4.78. The van der Waals surface area contributed by atoms with E-state index in [2.05, 4.69) is 31.1 Å². The van der Waals surface area contributed by atoms with Crippen molar-refractivity contribution in [3.05, 3.63) is 30.5 Å². The van der Waals surface area contributed by atoms with Crippen molar-refractivity contribution < 1.29 is 0 Å². The molecule has 0 aliphatic rings. The maximum absolute atomic E-state index is 5.93. The Balaban J connectivity index is 2.45. The summed E-state index contributed by atoms with van der Waals surface area (Å²) in [5.41, 5.74) is 8.62. The molecule has 17 heavy (non-hydrogen) atoms. The number of pyridine rings is 1. The summed E-state index contributed by atoms with van der Waals surface area (Å²) in [6.07, 6.45) is 1.77. The van der Waals surface area contributed by atoms with Gasteiger partial charge in [-0.1, -0.05) is 13.8 Å². The molecule has 0 bridgehead atoms. The molecule has 0 amide bonds. The highest BCUT2D eigenvalue weighted by molar-refractivity contribution is 5.98. The number of anilines is 2. The van der Waals surface area contributed by atoms with Gasteiger partial charge < -0.3 is 11.1 Å². The number of aromatic nitrogens is 1. The van der Waals surface area contributed by atoms with Crippen molar-refractivity contribution in [2.45, 2.75) is 26.8 Å². The number of nitrogens with zero attached hydrogens (tertiary/aromatic N) is 1. The fraction of sp³-hybridized carbons (Fsp3) is 0.357. The first kappa shape index (κ1) is 11.7. The summed E-state index contributed by atoms with van der Waals surface area (Å²) in [5, 5.41) is 4.60. The molecule has 3 nitrogen and oxygen atoms in total. The third-order valence-electron chi connectivity index (χ3n) is 3.18. The minimum absolute atomic E-state index is 0.419. The van der Waals surface area contributed by atoms with Crippen molar-refractivity contribution in [3.8, 4) is 0 Å². The Morgan fingerprint density at radius 1 is 1.18 bits per heavy atom. The maximum Gasteiger partial charge on any atom is 0.0951 e. The van der Waals surface area contributed by atoms with Crippen molar-refractivity contribution in [3.63, 3.8) is 0 Å². The van der Waals surface area contributed by atoms with E-state index in [0.717, 1.165) is 22.3 Å². The van der Waals surface area contributed by atoms with Gasteiger partial charge >= 0.3 is 0 Å². The predicted molar refractivity (Wildman–Crippen MR) is 74.1 cm³/mol. The van der Waals surface area contributed by atoms with Gasteiger partial charge in [0, 0.05) is 23.3 Å². The van der Waals surface area contributed by atoms with Crippen LogP contribution in [0.4, 0.5) is 11.4 Å². The van der Waals surface area contributed by atoms with Crippen LogP contribution in [0.5, 0.6) is 0 Å². The predicted octanol–water partition coefficient (Wildman–Crippen LogP) is 3.27. The third kappa shape index (κ3) is 2.33. The van der Waals surface area contributed by atoms with E-state index in [1.165, 1.54) is 0 Å². The van der Waals surface area contributed by atoms with Crippen LogP contribution in [0.2, 0.25) is 0 Å². The van der Waals surface area contributed by atoms with Crippen molar-refractivity contribution in [1.29, 1.82) is 0 Å². The number of hydrogen-bond acceptors (Lipinski definition) is 3. The van der Waals surface area contributed by atoms with Crippen molar-refractivity contribution in [1.82, 2.24) is 4.98 Å². The monoisotopic (exact) mass is 229 g/mol. The van der Waals surface area contributed by atoms with Crippen LogP contribution in [0.25, 0.3) is 10.9 Å². The molecule has 0 aliphatic carbocycles. The van der Waals surface area contributed by atoms with Gasteiger partial charge in [-0.2, -0.15) is 0 Å². The first-order valence-electron chi connectivity index (χ1n) is 5.99. The molecule has 0 saturated carbocycles. The van der Waals surface area contributed by atoms with E-state index < -0.39 is 0 Å². The molecule has 0 fully saturated rings. The zero-order valence-electron chi connectivity index (χ0n) is 10.6. The molecular weight excluding hydrogens is 210 g/mol. The molecule has 1 aromatic carbocycles. The largest absolute Gasteiger partial charge is 0.397 e. The lowest BCUT2D eigenvalue weighted by atomic mass is 10.0. The lowest BCUT2D eigenvalue weighted by molar-refractivity contribution is 0.560. The SMILES string of the molecule is CC(C)C(C)Nc1ccc(N)c2ncccc12. The van der Waals surface area contributed by atoms with Gasteiger partial charge in [0.05, 0.1) is 11.2 Å². The topological polar surface area (TPSA) is 50.9 Å². The number of benzene rings is 1. The van der Waals surface area contributed by atoms with E-state index in [4.69, 9.17) is 5.73 Å². The number of nitrogens with two attached hydrogens (primary N) is 1. The fourth-order valence-electron chi connectivity index (χ4n) is 1.73. The van der Waals surface area contributed by atoms with Crippen molar-refractivity contribution in [2.24, 2.45) is 5.92 Å². The van der Waals surface area contributed by atoms with E-state index >= 15 is 0 Å². The second kappa shape index (κ2) is 4.62. The van der Waals surface area contributed by atoms with Crippen LogP contribution in [-0.2, 0) is 0 Å². The van der Waals surface area contributed by atoms with Crippen LogP contribution < -0.4 is 11.1 Å². The molecule has 2 rings (SSSR count). The summed E-state index contributed by atoms with van der Waals surface area (Å²) >= 11 is 0. The maximum atomic E-state index is 5.93. The van der Waals surface area contributed by atoms with E-state index in [9.17, 15) is 0 Å². The molecule has 0 aliphatic heterocycles. The van der Waals surface area contributed by atoms with Crippen LogP contribution in [0.15, 0.2) is 30.5 Å². The van der Waals surface area contributed by atoms with Crippen LogP contribution in [0.3, 0.4) is 0 Å². The standard InChI is InChI=1S/C14H19N3/c1-9(2)10(3)17-13-7-6-12(15)14-11(13)5-4-8-16-14/h4-10,17H,15H2,1-3H3. The quantitative estimate of drug-likeness (QED) is 0.794. The lowest BCUT2D eigenvalue weighted by Gasteiger charge is -2.20. The van der Waals surface area contributed by atoms with E-state index in [1.54, 1.807) is 6.20 Å². The Morgan fingerprint density at radius 3 is 2.65 bits per heavy atom. The molecule has 2 aromatic rings. The summed E-state index contributed by atoms with van der Waals surface area (Å²) in [6.45, 7) is 6.59. The van der Waals surface area contributed by atoms with E-state index in [0.29, 0.717) is 12.0 Å². The van der Waals surface area contributed by atoms with Crippen molar-refractivity contribution >= 4 is 22.3 Å². The Hall–Kier alpha value is -1.77. The second-order valence-electron chi connectivity index (χ2n) is 4.78. The molecule has 90 valence electrons. The summed E-state index contributed by atoms with van der Waals surface area (Å²) in [7, 11) is 0. The average molecular weight is 229 g/mol. The minimum atomic E-state index is 0.419. The Kier molecular flexibility index (Phi) is 3.18. The molecule has 0 spiro atoms. The van der Waals surface area contributed by atoms with Gasteiger partial charge in [0.25, 0.3) is 0 Å². The Labute approximate surface area is 102 Å². The van der Waals surface area contributed by atoms with E-state index in [-0.39, 0.29) is 0 Å². The molecule has 1 heterocycles. The van der Waals surface area contributed by atoms with Gasteiger partial charge in [-0.15, -0.1) is 0 Å². The molecule has 0 radical (unpaired) electrons. The first-order valence-corrected chi connectivity index (χ1v) is 5.99. The van der Waals surface area contributed by atoms with Crippen LogP contribution >= 0.6 is 0 Å². The number of rotatable bonds is 3. The van der Waals surface area contributed by atoms with Crippen molar-refractivity contribution in [2.75, 3.05) is 11.1 Å². The molecule has 3 N–H and O–H groups in total. The summed E-state index contributed by atoms with van der Waals surface area (Å²) in [4.78, 5) is 4.33. The van der Waals surface area contributed by atoms with Gasteiger partial charge in [0.15, 0.2) is 0 Å². The molecular formula is C14H19N3. The highest BCUT2D eigenvalue weighted by Crippen LogP contribution is 2.27. The van der Waals surface area contributed by atoms with E-state index in [1.807, 2.05) is 24.3 Å². The normalized spacial score (nSPS) is 12.9. The van der Waals surface area contributed by atoms with Gasteiger partial charge in [0.2, 0.25) is 0 Å². The number of hydrogen-bond donors (Lipinski definition) is 2. The Morgan fingerprint density at radius 2 is 1.94 bits per heavy atom. The molecule has 1 unspecified atom stereocenters. The number of nitrogen functional groups attached to an aromatic ring is 1. The summed E-state index contributed by atoms with van der Waals surface area (Å²) in [5.74, 6) is 0.583. The highest BCUT2D eigenvalue weighted by atomic mass is 14.9. The van der Waals surface area contributed by atoms with Gasteiger partial charge in [0.1, 0.15) is 0 Å². The fourth-order valence-corrected chi connectivity index (χ4v) is 1.73. The summed E-state index contributed by atoms with van der Waals surface area (Å²) < 4.78 is 0. The smallest absolute Gasteiger partial charge is 0.0951 e. The lowest BCUT2D eigenvalue weighted by Crippen LogP contribution is -2.21. The zero-order chi connectivity index (χ0) is 12.4. The number of fused-ring (bicyclic) bond motifs is 1.